The van der Waals surface area contributed by atoms with Crippen LogP contribution >= 0.6 is 23.2 Å². The highest BCUT2D eigenvalue weighted by Crippen LogP contribution is 2.30. The number of nitrogens with two attached hydrogens (primary N) is 1. The molecule has 1 unspecified atom stereocenters. The Morgan fingerprint density at radius 2 is 2.18 bits per heavy atom. The van der Waals surface area contributed by atoms with Crippen molar-refractivity contribution < 1.29 is 0 Å². The van der Waals surface area contributed by atoms with E-state index in [9.17, 15) is 0 Å². The summed E-state index contributed by atoms with van der Waals surface area (Å²) in [5, 5.41) is 5.17. The number of hydrogen-bond acceptors (Lipinski definition) is 2. The van der Waals surface area contributed by atoms with Crippen molar-refractivity contribution in [1.29, 1.82) is 0 Å². The zero-order valence-electron chi connectivity index (χ0n) is 9.40. The Morgan fingerprint density at radius 3 is 2.82 bits per heavy atom. The maximum atomic E-state index is 6.13. The molecule has 0 radical (unpaired) electrons. The molecule has 90 valence electrons. The second-order valence-electron chi connectivity index (χ2n) is 3.98. The van der Waals surface area contributed by atoms with E-state index in [0.717, 1.165) is 11.1 Å². The lowest BCUT2D eigenvalue weighted by Crippen LogP contribution is -2.13. The summed E-state index contributed by atoms with van der Waals surface area (Å²) in [5.74, 6) is 0. The van der Waals surface area contributed by atoms with Gasteiger partial charge >= 0.3 is 0 Å². The summed E-state index contributed by atoms with van der Waals surface area (Å²) in [6.07, 6.45) is 4.44. The zero-order chi connectivity index (χ0) is 12.4. The normalized spacial score (nSPS) is 12.7. The average Bonchev–Trinajstić information content (AvgIpc) is 2.68. The zero-order valence-corrected chi connectivity index (χ0v) is 10.9. The molecule has 5 heteroatoms. The minimum atomic E-state index is -0.176. The van der Waals surface area contributed by atoms with E-state index >= 15 is 0 Å². The third-order valence-electron chi connectivity index (χ3n) is 2.59. The summed E-state index contributed by atoms with van der Waals surface area (Å²) in [5.41, 5.74) is 8.07. The summed E-state index contributed by atoms with van der Waals surface area (Å²) in [4.78, 5) is 0. The van der Waals surface area contributed by atoms with Crippen LogP contribution in [0.4, 0.5) is 0 Å². The largest absolute Gasteiger partial charge is 0.324 e. The molecule has 2 rings (SSSR count). The molecule has 0 aliphatic heterocycles. The van der Waals surface area contributed by atoms with Crippen molar-refractivity contribution in [1.82, 2.24) is 9.78 Å². The Bertz CT molecular complexity index is 522. The molecule has 0 spiro atoms. The molecule has 0 saturated heterocycles. The van der Waals surface area contributed by atoms with Crippen LogP contribution in [0.2, 0.25) is 10.0 Å². The Balaban J connectivity index is 2.20. The summed E-state index contributed by atoms with van der Waals surface area (Å²) in [6, 6.07) is 5.33. The highest BCUT2D eigenvalue weighted by molar-refractivity contribution is 6.42. The van der Waals surface area contributed by atoms with Crippen LogP contribution in [-0.4, -0.2) is 9.78 Å². The third kappa shape index (κ3) is 2.80. The van der Waals surface area contributed by atoms with Gasteiger partial charge in [0.1, 0.15) is 0 Å². The van der Waals surface area contributed by atoms with Gasteiger partial charge in [-0.15, -0.1) is 0 Å². The first-order valence-corrected chi connectivity index (χ1v) is 6.00. The van der Waals surface area contributed by atoms with Crippen molar-refractivity contribution in [3.05, 3.63) is 51.8 Å². The van der Waals surface area contributed by atoms with Crippen molar-refractivity contribution in [3.8, 4) is 0 Å². The van der Waals surface area contributed by atoms with Gasteiger partial charge in [0.25, 0.3) is 0 Å². The summed E-state index contributed by atoms with van der Waals surface area (Å²) >= 11 is 12.1. The second kappa shape index (κ2) is 5.08. The molecule has 2 N–H and O–H groups in total. The van der Waals surface area contributed by atoms with Gasteiger partial charge in [0.2, 0.25) is 0 Å². The Hall–Kier alpha value is -1.03. The molecule has 0 aliphatic carbocycles. The number of aryl methyl sites for hydroxylation is 1. The van der Waals surface area contributed by atoms with Crippen molar-refractivity contribution >= 4 is 23.2 Å². The lowest BCUT2D eigenvalue weighted by atomic mass is 10.0. The number of rotatable bonds is 3. The molecule has 2 aromatic rings. The fourth-order valence-electron chi connectivity index (χ4n) is 1.75. The molecule has 0 bridgehead atoms. The van der Waals surface area contributed by atoms with Crippen LogP contribution in [0, 0.1) is 0 Å². The topological polar surface area (TPSA) is 43.8 Å². The van der Waals surface area contributed by atoms with Gasteiger partial charge in [-0.2, -0.15) is 5.10 Å². The number of nitrogens with zero attached hydrogens (tertiary/aromatic N) is 2. The van der Waals surface area contributed by atoms with Gasteiger partial charge in [0.15, 0.2) is 0 Å². The molecule has 1 aromatic heterocycles. The van der Waals surface area contributed by atoms with Crippen LogP contribution in [-0.2, 0) is 13.5 Å². The van der Waals surface area contributed by atoms with Gasteiger partial charge in [-0.25, -0.2) is 0 Å². The van der Waals surface area contributed by atoms with E-state index in [1.54, 1.807) is 16.9 Å². The molecule has 17 heavy (non-hydrogen) atoms. The number of aromatic nitrogens is 2. The van der Waals surface area contributed by atoms with Gasteiger partial charge < -0.3 is 5.73 Å². The molecule has 1 heterocycles. The van der Waals surface area contributed by atoms with Gasteiger partial charge in [-0.05, 0) is 23.6 Å². The van der Waals surface area contributed by atoms with E-state index < -0.39 is 0 Å². The van der Waals surface area contributed by atoms with Gasteiger partial charge in [-0.3, -0.25) is 4.68 Å². The van der Waals surface area contributed by atoms with E-state index in [2.05, 4.69) is 5.10 Å². The lowest BCUT2D eigenvalue weighted by Gasteiger charge is -2.13. The molecular weight excluding hydrogens is 257 g/mol. The summed E-state index contributed by atoms with van der Waals surface area (Å²) in [7, 11) is 1.88. The number of benzene rings is 1. The predicted molar refractivity (Wildman–Crippen MR) is 70.3 cm³/mol. The summed E-state index contributed by atoms with van der Waals surface area (Å²) < 4.78 is 1.75. The van der Waals surface area contributed by atoms with E-state index in [1.807, 2.05) is 25.4 Å². The highest BCUT2D eigenvalue weighted by Gasteiger charge is 2.13. The predicted octanol–water partition coefficient (Wildman–Crippen LogP) is 2.97. The van der Waals surface area contributed by atoms with Crippen LogP contribution in [0.25, 0.3) is 0 Å². The second-order valence-corrected chi connectivity index (χ2v) is 4.76. The first-order valence-electron chi connectivity index (χ1n) is 5.25. The third-order valence-corrected chi connectivity index (χ3v) is 3.43. The van der Waals surface area contributed by atoms with Gasteiger partial charge in [-0.1, -0.05) is 35.3 Å². The standard InChI is InChI=1S/C12H13Cl2N3/c1-17-7-8(6-16-17)5-11(15)9-3-2-4-10(13)12(9)14/h2-4,6-7,11H,5,15H2,1H3. The van der Waals surface area contributed by atoms with Crippen molar-refractivity contribution in [2.24, 2.45) is 12.8 Å². The maximum absolute atomic E-state index is 6.13. The molecule has 1 aromatic carbocycles. The molecule has 1 atom stereocenters. The molecule has 0 fully saturated rings. The first kappa shape index (κ1) is 12.4. The number of halogens is 2. The van der Waals surface area contributed by atoms with Gasteiger partial charge in [0, 0.05) is 19.3 Å². The Kier molecular flexibility index (Phi) is 3.72. The van der Waals surface area contributed by atoms with E-state index in [4.69, 9.17) is 28.9 Å². The van der Waals surface area contributed by atoms with E-state index in [0.29, 0.717) is 16.5 Å². The maximum Gasteiger partial charge on any atom is 0.0640 e. The fourth-order valence-corrected chi connectivity index (χ4v) is 2.20. The SMILES string of the molecule is Cn1cc(CC(N)c2cccc(Cl)c2Cl)cn1. The highest BCUT2D eigenvalue weighted by atomic mass is 35.5. The molecule has 0 aliphatic rings. The smallest absolute Gasteiger partial charge is 0.0640 e. The first-order chi connectivity index (χ1) is 8.08. The fraction of sp³-hybridized carbons (Fsp3) is 0.250. The van der Waals surface area contributed by atoms with Gasteiger partial charge in [0.05, 0.1) is 16.2 Å². The Morgan fingerprint density at radius 1 is 1.41 bits per heavy atom. The monoisotopic (exact) mass is 269 g/mol. The average molecular weight is 270 g/mol. The van der Waals surface area contributed by atoms with Crippen molar-refractivity contribution in [2.75, 3.05) is 0 Å². The lowest BCUT2D eigenvalue weighted by molar-refractivity contribution is 0.719. The number of hydrogen-bond donors (Lipinski definition) is 1. The van der Waals surface area contributed by atoms with E-state index in [1.165, 1.54) is 0 Å². The van der Waals surface area contributed by atoms with Crippen LogP contribution in [0.15, 0.2) is 30.6 Å². The molecular formula is C12H13Cl2N3. The minimum Gasteiger partial charge on any atom is -0.324 e. The Labute approximate surface area is 110 Å². The quantitative estimate of drug-likeness (QED) is 0.931. The van der Waals surface area contributed by atoms with Crippen LogP contribution < -0.4 is 5.73 Å². The summed E-state index contributed by atoms with van der Waals surface area (Å²) in [6.45, 7) is 0. The van der Waals surface area contributed by atoms with Crippen LogP contribution in [0.3, 0.4) is 0 Å². The van der Waals surface area contributed by atoms with Crippen LogP contribution in [0.1, 0.15) is 17.2 Å². The minimum absolute atomic E-state index is 0.176. The van der Waals surface area contributed by atoms with Crippen LogP contribution in [0.5, 0.6) is 0 Å². The van der Waals surface area contributed by atoms with Crippen molar-refractivity contribution in [2.45, 2.75) is 12.5 Å². The molecule has 3 nitrogen and oxygen atoms in total. The van der Waals surface area contributed by atoms with Crippen molar-refractivity contribution in [3.63, 3.8) is 0 Å². The molecule has 0 amide bonds. The van der Waals surface area contributed by atoms with E-state index in [-0.39, 0.29) is 6.04 Å². The molecule has 0 saturated carbocycles.